The zero-order valence-electron chi connectivity index (χ0n) is 7.31. The van der Waals surface area contributed by atoms with Crippen LogP contribution in [0.2, 0.25) is 0 Å². The molecule has 2 aromatic heterocycles. The summed E-state index contributed by atoms with van der Waals surface area (Å²) in [6.45, 7) is 0. The van der Waals surface area contributed by atoms with Crippen molar-refractivity contribution in [2.45, 2.75) is 0 Å². The van der Waals surface area contributed by atoms with E-state index in [0.29, 0.717) is 11.5 Å². The van der Waals surface area contributed by atoms with Gasteiger partial charge in [-0.1, -0.05) is 0 Å². The molecule has 2 aromatic rings. The van der Waals surface area contributed by atoms with Crippen LogP contribution in [0.3, 0.4) is 0 Å². The van der Waals surface area contributed by atoms with Crippen molar-refractivity contribution in [1.29, 1.82) is 0 Å². The van der Waals surface area contributed by atoms with E-state index in [4.69, 9.17) is 5.11 Å². The molecule has 0 aliphatic heterocycles. The second-order valence-electron chi connectivity index (χ2n) is 2.70. The Morgan fingerprint density at radius 1 is 1.40 bits per heavy atom. The Morgan fingerprint density at radius 3 is 2.60 bits per heavy atom. The van der Waals surface area contributed by atoms with Crippen molar-refractivity contribution in [3.8, 4) is 11.5 Å². The summed E-state index contributed by atoms with van der Waals surface area (Å²) in [7, 11) is 0. The van der Waals surface area contributed by atoms with Gasteiger partial charge in [0.2, 0.25) is 0 Å². The Bertz CT molecular complexity index is 494. The molecular weight excluding hydrogens is 264 g/mol. The van der Waals surface area contributed by atoms with E-state index < -0.39 is 5.97 Å². The van der Waals surface area contributed by atoms with Crippen molar-refractivity contribution in [3.05, 3.63) is 28.6 Å². The number of aromatic carboxylic acids is 1. The zero-order valence-corrected chi connectivity index (χ0v) is 8.89. The van der Waals surface area contributed by atoms with Crippen molar-refractivity contribution >= 4 is 21.9 Å². The van der Waals surface area contributed by atoms with Gasteiger partial charge in [0, 0.05) is 18.5 Å². The zero-order chi connectivity index (χ0) is 10.8. The molecule has 7 heteroatoms. The van der Waals surface area contributed by atoms with Crippen LogP contribution >= 0.6 is 15.9 Å². The summed E-state index contributed by atoms with van der Waals surface area (Å²) in [6.07, 6.45) is 3.13. The van der Waals surface area contributed by atoms with E-state index in [0.717, 1.165) is 4.47 Å². The number of carboxylic acids is 1. The third-order valence-corrected chi connectivity index (χ3v) is 2.07. The summed E-state index contributed by atoms with van der Waals surface area (Å²) >= 11 is 3.20. The highest BCUT2D eigenvalue weighted by Gasteiger charge is 2.10. The molecule has 0 spiro atoms. The topological polar surface area (TPSA) is 91.8 Å². The minimum Gasteiger partial charge on any atom is -0.477 e. The number of hydrogen-bond donors (Lipinski definition) is 2. The van der Waals surface area contributed by atoms with Gasteiger partial charge in [0.1, 0.15) is 11.4 Å². The lowest BCUT2D eigenvalue weighted by molar-refractivity contribution is 0.0690. The van der Waals surface area contributed by atoms with Gasteiger partial charge in [0.05, 0.1) is 4.47 Å². The lowest BCUT2D eigenvalue weighted by Gasteiger charge is -1.92. The number of hydrogen-bond acceptors (Lipinski definition) is 4. The van der Waals surface area contributed by atoms with Gasteiger partial charge in [-0.05, 0) is 15.9 Å². The Kier molecular flexibility index (Phi) is 2.46. The Labute approximate surface area is 92.5 Å². The quantitative estimate of drug-likeness (QED) is 0.857. The molecule has 0 atom stereocenters. The Morgan fingerprint density at radius 2 is 2.07 bits per heavy atom. The molecule has 0 saturated heterocycles. The molecule has 0 radical (unpaired) electrons. The summed E-state index contributed by atoms with van der Waals surface area (Å²) in [5.41, 5.74) is 0.413. The average Bonchev–Trinajstić information content (AvgIpc) is 2.68. The summed E-state index contributed by atoms with van der Waals surface area (Å²) < 4.78 is 0.750. The number of H-pyrrole nitrogens is 1. The van der Waals surface area contributed by atoms with E-state index in [1.54, 1.807) is 12.4 Å². The normalized spacial score (nSPS) is 10.2. The molecule has 76 valence electrons. The molecular formula is C8H5BrN4O2. The molecule has 0 bridgehead atoms. The van der Waals surface area contributed by atoms with Crippen molar-refractivity contribution < 1.29 is 9.90 Å². The third kappa shape index (κ3) is 2.01. The van der Waals surface area contributed by atoms with E-state index in [1.165, 1.54) is 6.07 Å². The molecule has 0 amide bonds. The van der Waals surface area contributed by atoms with E-state index in [9.17, 15) is 4.79 Å². The fourth-order valence-corrected chi connectivity index (χ4v) is 1.20. The molecule has 0 aromatic carbocycles. The standard InChI is InChI=1S/C8H5BrN4O2/c9-4-2-10-7(11-3-4)5-1-6(8(14)15)13-12-5/h1-3H,(H,12,13)(H,14,15). The molecule has 2 heterocycles. The molecule has 2 rings (SSSR count). The van der Waals surface area contributed by atoms with Gasteiger partial charge < -0.3 is 5.11 Å². The van der Waals surface area contributed by atoms with Gasteiger partial charge in [-0.25, -0.2) is 14.8 Å². The third-order valence-electron chi connectivity index (χ3n) is 1.66. The molecule has 0 aliphatic rings. The SMILES string of the molecule is O=C(O)c1cc(-c2ncc(Br)cn2)n[nH]1. The molecule has 0 aliphatic carbocycles. The average molecular weight is 269 g/mol. The lowest BCUT2D eigenvalue weighted by Crippen LogP contribution is -1.95. The second-order valence-corrected chi connectivity index (χ2v) is 3.61. The highest BCUT2D eigenvalue weighted by Crippen LogP contribution is 2.14. The first-order valence-electron chi connectivity index (χ1n) is 3.93. The van der Waals surface area contributed by atoms with E-state index in [1.807, 2.05) is 0 Å². The minimum atomic E-state index is -1.06. The van der Waals surface area contributed by atoms with Gasteiger partial charge in [0.15, 0.2) is 5.82 Å². The number of nitrogens with zero attached hydrogens (tertiary/aromatic N) is 3. The predicted octanol–water partition coefficient (Wildman–Crippen LogP) is 1.33. The van der Waals surface area contributed by atoms with Crippen molar-refractivity contribution in [1.82, 2.24) is 20.2 Å². The van der Waals surface area contributed by atoms with Crippen molar-refractivity contribution in [2.75, 3.05) is 0 Å². The van der Waals surface area contributed by atoms with Gasteiger partial charge in [0.25, 0.3) is 0 Å². The van der Waals surface area contributed by atoms with Crippen LogP contribution in [0.5, 0.6) is 0 Å². The van der Waals surface area contributed by atoms with E-state index in [-0.39, 0.29) is 5.69 Å². The fourth-order valence-electron chi connectivity index (χ4n) is 0.990. The van der Waals surface area contributed by atoms with E-state index >= 15 is 0 Å². The summed E-state index contributed by atoms with van der Waals surface area (Å²) in [4.78, 5) is 18.6. The van der Waals surface area contributed by atoms with Crippen LogP contribution in [0.4, 0.5) is 0 Å². The van der Waals surface area contributed by atoms with Crippen molar-refractivity contribution in [3.63, 3.8) is 0 Å². The first-order valence-corrected chi connectivity index (χ1v) is 4.73. The predicted molar refractivity (Wildman–Crippen MR) is 54.3 cm³/mol. The number of nitrogens with one attached hydrogen (secondary N) is 1. The maximum Gasteiger partial charge on any atom is 0.353 e. The van der Waals surface area contributed by atoms with E-state index in [2.05, 4.69) is 36.1 Å². The summed E-state index contributed by atoms with van der Waals surface area (Å²) in [5, 5.41) is 14.8. The highest BCUT2D eigenvalue weighted by molar-refractivity contribution is 9.10. The number of aromatic amines is 1. The summed E-state index contributed by atoms with van der Waals surface area (Å²) in [6, 6.07) is 1.38. The Balaban J connectivity index is 2.37. The van der Waals surface area contributed by atoms with Gasteiger partial charge in [-0.3, -0.25) is 5.10 Å². The summed E-state index contributed by atoms with van der Waals surface area (Å²) in [5.74, 6) is -0.687. The number of aromatic nitrogens is 4. The van der Waals surface area contributed by atoms with Gasteiger partial charge in [-0.15, -0.1) is 0 Å². The molecule has 0 saturated carbocycles. The molecule has 0 fully saturated rings. The Hall–Kier alpha value is -1.76. The van der Waals surface area contributed by atoms with Crippen molar-refractivity contribution in [2.24, 2.45) is 0 Å². The molecule has 6 nitrogen and oxygen atoms in total. The largest absolute Gasteiger partial charge is 0.477 e. The molecule has 15 heavy (non-hydrogen) atoms. The maximum absolute atomic E-state index is 10.6. The van der Waals surface area contributed by atoms with Gasteiger partial charge >= 0.3 is 5.97 Å². The minimum absolute atomic E-state index is 0.0107. The number of rotatable bonds is 2. The smallest absolute Gasteiger partial charge is 0.353 e. The van der Waals surface area contributed by atoms with Crippen LogP contribution < -0.4 is 0 Å². The van der Waals surface area contributed by atoms with Crippen LogP contribution in [0, 0.1) is 0 Å². The first-order chi connectivity index (χ1) is 7.16. The van der Waals surface area contributed by atoms with Crippen LogP contribution in [0.15, 0.2) is 22.9 Å². The highest BCUT2D eigenvalue weighted by atomic mass is 79.9. The van der Waals surface area contributed by atoms with Gasteiger partial charge in [-0.2, -0.15) is 5.10 Å². The van der Waals surface area contributed by atoms with Crippen LogP contribution in [-0.4, -0.2) is 31.2 Å². The second kappa shape index (κ2) is 3.77. The number of carboxylic acid groups (broad SMARTS) is 1. The van der Waals surface area contributed by atoms with Crippen LogP contribution in [0.25, 0.3) is 11.5 Å². The maximum atomic E-state index is 10.6. The lowest BCUT2D eigenvalue weighted by atomic mass is 10.3. The molecule has 0 unspecified atom stereocenters. The van der Waals surface area contributed by atoms with Crippen LogP contribution in [0.1, 0.15) is 10.5 Å². The first kappa shape index (κ1) is 9.78. The monoisotopic (exact) mass is 268 g/mol. The fraction of sp³-hybridized carbons (Fsp3) is 0. The number of halogens is 1. The molecule has 2 N–H and O–H groups in total. The number of carbonyl (C=O) groups is 1. The van der Waals surface area contributed by atoms with Crippen LogP contribution in [-0.2, 0) is 0 Å².